The van der Waals surface area contributed by atoms with Crippen molar-refractivity contribution in [1.82, 2.24) is 10.2 Å². The number of halogens is 2. The quantitative estimate of drug-likeness (QED) is 0.323. The monoisotopic (exact) mass is 553 g/mol. The van der Waals surface area contributed by atoms with Gasteiger partial charge >= 0.3 is 0 Å². The zero-order valence-corrected chi connectivity index (χ0v) is 24.0. The highest BCUT2D eigenvalue weighted by Crippen LogP contribution is 2.37. The van der Waals surface area contributed by atoms with Crippen LogP contribution in [0.5, 0.6) is 0 Å². The molecule has 0 spiro atoms. The fraction of sp³-hybridized carbons (Fsp3) is 0.387. The molecule has 0 bridgehead atoms. The average Bonchev–Trinajstić information content (AvgIpc) is 2.92. The molecule has 38 heavy (non-hydrogen) atoms. The summed E-state index contributed by atoms with van der Waals surface area (Å²) in [6.45, 7) is 1.01. The number of nitrogens with zero attached hydrogens (tertiary/aromatic N) is 2. The van der Waals surface area contributed by atoms with Crippen molar-refractivity contribution in [1.29, 1.82) is 0 Å². The highest BCUT2D eigenvalue weighted by atomic mass is 35.5. The molecule has 1 fully saturated rings. The van der Waals surface area contributed by atoms with Crippen LogP contribution in [0.2, 0.25) is 0 Å². The van der Waals surface area contributed by atoms with Gasteiger partial charge in [-0.3, -0.25) is 5.73 Å². The van der Waals surface area contributed by atoms with Crippen LogP contribution in [0.1, 0.15) is 54.7 Å². The molecular formula is C31H41Cl2N5. The molecule has 2 aliphatic rings. The number of nitrogens with two attached hydrogens (primary N) is 1. The van der Waals surface area contributed by atoms with Gasteiger partial charge in [0, 0.05) is 43.2 Å². The summed E-state index contributed by atoms with van der Waals surface area (Å²) < 4.78 is 0. The molecule has 7 heteroatoms. The van der Waals surface area contributed by atoms with Crippen molar-refractivity contribution in [2.24, 2.45) is 16.6 Å². The van der Waals surface area contributed by atoms with Crippen LogP contribution in [0.15, 0.2) is 89.9 Å². The van der Waals surface area contributed by atoms with Gasteiger partial charge in [0.2, 0.25) is 0 Å². The van der Waals surface area contributed by atoms with Crippen LogP contribution >= 0.6 is 24.8 Å². The molecule has 4 N–H and O–H groups in total. The highest BCUT2D eigenvalue weighted by Gasteiger charge is 2.41. The van der Waals surface area contributed by atoms with E-state index in [0.29, 0.717) is 17.9 Å². The Morgan fingerprint density at radius 1 is 0.868 bits per heavy atom. The van der Waals surface area contributed by atoms with Gasteiger partial charge in [-0.1, -0.05) is 72.8 Å². The molecule has 3 aromatic rings. The Labute approximate surface area is 240 Å². The smallest absolute Gasteiger partial charge is 0.187 e. The molecule has 3 aromatic carbocycles. The van der Waals surface area contributed by atoms with Gasteiger partial charge in [0.1, 0.15) is 5.84 Å². The highest BCUT2D eigenvalue weighted by molar-refractivity contribution is 6.05. The van der Waals surface area contributed by atoms with Crippen molar-refractivity contribution in [2.75, 3.05) is 26.0 Å². The van der Waals surface area contributed by atoms with E-state index in [2.05, 4.69) is 100 Å². The summed E-state index contributed by atoms with van der Waals surface area (Å²) in [5.74, 6) is 0.916. The van der Waals surface area contributed by atoms with Crippen LogP contribution in [-0.4, -0.2) is 43.2 Å². The van der Waals surface area contributed by atoms with E-state index in [1.54, 1.807) is 0 Å². The minimum Gasteiger partial charge on any atom is -0.362 e. The fourth-order valence-electron chi connectivity index (χ4n) is 5.87. The number of rotatable bonds is 7. The molecule has 5 nitrogen and oxygen atoms in total. The van der Waals surface area contributed by atoms with Crippen molar-refractivity contribution < 1.29 is 0 Å². The lowest BCUT2D eigenvalue weighted by molar-refractivity contribution is 0.206. The molecule has 1 heterocycles. The van der Waals surface area contributed by atoms with Gasteiger partial charge < -0.3 is 15.5 Å². The summed E-state index contributed by atoms with van der Waals surface area (Å²) in [5.41, 5.74) is 11.9. The number of nitrogens with one attached hydrogen (secondary N) is 2. The average molecular weight is 555 g/mol. The minimum atomic E-state index is -0.759. The van der Waals surface area contributed by atoms with Crippen molar-refractivity contribution in [3.05, 3.63) is 102 Å². The number of amidine groups is 1. The number of benzene rings is 3. The van der Waals surface area contributed by atoms with E-state index in [-0.39, 0.29) is 24.8 Å². The van der Waals surface area contributed by atoms with Gasteiger partial charge in [-0.15, -0.1) is 24.8 Å². The molecule has 1 saturated carbocycles. The van der Waals surface area contributed by atoms with E-state index in [1.165, 1.54) is 11.1 Å². The molecule has 1 aliphatic carbocycles. The first-order valence-electron chi connectivity index (χ1n) is 13.3. The summed E-state index contributed by atoms with van der Waals surface area (Å²) >= 11 is 0. The second-order valence-corrected chi connectivity index (χ2v) is 10.5. The summed E-state index contributed by atoms with van der Waals surface area (Å²) in [6, 6.07) is 30.6. The lowest BCUT2D eigenvalue weighted by atomic mass is 9.81. The summed E-state index contributed by atoms with van der Waals surface area (Å²) in [7, 11) is 4.08. The van der Waals surface area contributed by atoms with Gasteiger partial charge in [0.25, 0.3) is 0 Å². The zero-order chi connectivity index (χ0) is 25.0. The molecule has 5 rings (SSSR count). The molecule has 204 valence electrons. The van der Waals surface area contributed by atoms with Crippen LogP contribution < -0.4 is 16.4 Å². The van der Waals surface area contributed by atoms with Crippen molar-refractivity contribution in [3.63, 3.8) is 0 Å². The Morgan fingerprint density at radius 3 is 2.00 bits per heavy atom. The van der Waals surface area contributed by atoms with Crippen LogP contribution in [0.25, 0.3) is 0 Å². The lowest BCUT2D eigenvalue weighted by Gasteiger charge is -2.43. The van der Waals surface area contributed by atoms with Crippen molar-refractivity contribution in [2.45, 2.75) is 49.9 Å². The van der Waals surface area contributed by atoms with Crippen LogP contribution in [-0.2, 0) is 0 Å². The third-order valence-electron chi connectivity index (χ3n) is 7.84. The van der Waals surface area contributed by atoms with Gasteiger partial charge in [-0.2, -0.15) is 0 Å². The van der Waals surface area contributed by atoms with Gasteiger partial charge in [0.05, 0.1) is 0 Å². The Bertz CT molecular complexity index is 1120. The van der Waals surface area contributed by atoms with E-state index in [0.717, 1.165) is 55.7 Å². The van der Waals surface area contributed by atoms with Crippen LogP contribution in [0.3, 0.4) is 0 Å². The summed E-state index contributed by atoms with van der Waals surface area (Å²) in [5, 5.41) is 7.45. The third-order valence-corrected chi connectivity index (χ3v) is 7.84. The third kappa shape index (κ3) is 6.70. The molecular weight excluding hydrogens is 513 g/mol. The predicted octanol–water partition coefficient (Wildman–Crippen LogP) is 6.25. The SMILES string of the molecule is CN(C)C1=NC(N)(C2CCC(NCCC(c3ccccc3)c3ccccc3)CC2)Nc2ccccc21.Cl.Cl. The Kier molecular flexibility index (Phi) is 10.6. The van der Waals surface area contributed by atoms with Gasteiger partial charge in [-0.25, -0.2) is 4.99 Å². The first-order valence-corrected chi connectivity index (χ1v) is 13.3. The Hall–Kier alpha value is -2.57. The van der Waals surface area contributed by atoms with E-state index in [9.17, 15) is 0 Å². The van der Waals surface area contributed by atoms with E-state index in [1.807, 2.05) is 14.1 Å². The lowest BCUT2D eigenvalue weighted by Crippen LogP contribution is -2.57. The second kappa shape index (κ2) is 13.5. The Morgan fingerprint density at radius 2 is 1.42 bits per heavy atom. The largest absolute Gasteiger partial charge is 0.362 e. The first-order chi connectivity index (χ1) is 17.5. The van der Waals surface area contributed by atoms with E-state index < -0.39 is 5.79 Å². The van der Waals surface area contributed by atoms with E-state index in [4.69, 9.17) is 10.7 Å². The number of hydrogen-bond acceptors (Lipinski definition) is 5. The van der Waals surface area contributed by atoms with Gasteiger partial charge in [-0.05, 0) is 61.9 Å². The maximum absolute atomic E-state index is 6.95. The van der Waals surface area contributed by atoms with E-state index >= 15 is 0 Å². The molecule has 0 aromatic heterocycles. The maximum atomic E-state index is 6.95. The molecule has 1 aliphatic heterocycles. The number of aliphatic imine (C=N–C) groups is 1. The standard InChI is InChI=1S/C31H39N5.2ClH/c1-36(2)30-28-15-9-10-16-29(28)34-31(32,35-30)25-17-19-26(20-18-25)33-22-21-27(23-11-5-3-6-12-23)24-13-7-4-8-14-24;;/h3-16,25-27,33-34H,17-22,32H2,1-2H3;2*1H. The maximum Gasteiger partial charge on any atom is 0.187 e. The Balaban J connectivity index is 0.00000200. The number of anilines is 1. The number of para-hydroxylation sites is 1. The molecule has 0 amide bonds. The fourth-order valence-corrected chi connectivity index (χ4v) is 5.87. The summed E-state index contributed by atoms with van der Waals surface area (Å²) in [4.78, 5) is 7.12. The molecule has 1 unspecified atom stereocenters. The topological polar surface area (TPSA) is 65.7 Å². The summed E-state index contributed by atoms with van der Waals surface area (Å²) in [6.07, 6.45) is 5.47. The predicted molar refractivity (Wildman–Crippen MR) is 165 cm³/mol. The second-order valence-electron chi connectivity index (χ2n) is 10.5. The van der Waals surface area contributed by atoms with Crippen molar-refractivity contribution in [3.8, 4) is 0 Å². The molecule has 1 atom stereocenters. The number of fused-ring (bicyclic) bond motifs is 1. The van der Waals surface area contributed by atoms with Crippen molar-refractivity contribution >= 4 is 36.3 Å². The number of hydrogen-bond donors (Lipinski definition) is 3. The molecule has 0 saturated heterocycles. The molecule has 0 radical (unpaired) electrons. The first kappa shape index (κ1) is 30.0. The van der Waals surface area contributed by atoms with Crippen LogP contribution in [0.4, 0.5) is 5.69 Å². The normalized spacial score (nSPS) is 22.3. The van der Waals surface area contributed by atoms with Crippen LogP contribution in [0, 0.1) is 5.92 Å². The minimum absolute atomic E-state index is 0. The van der Waals surface area contributed by atoms with Gasteiger partial charge in [0.15, 0.2) is 5.79 Å². The zero-order valence-electron chi connectivity index (χ0n) is 22.3.